The van der Waals surface area contributed by atoms with Crippen LogP contribution in [0.3, 0.4) is 0 Å². The minimum atomic E-state index is -0.558. The Balaban J connectivity index is 1.49. The van der Waals surface area contributed by atoms with E-state index < -0.39 is 5.41 Å². The molecule has 0 aromatic carbocycles. The Bertz CT molecular complexity index is 898. The van der Waals surface area contributed by atoms with E-state index in [9.17, 15) is 4.79 Å². The van der Waals surface area contributed by atoms with E-state index in [-0.39, 0.29) is 11.5 Å². The Morgan fingerprint density at radius 1 is 1.29 bits per heavy atom. The normalized spacial score (nSPS) is 20.0. The van der Waals surface area contributed by atoms with E-state index in [1.807, 2.05) is 25.7 Å². The minimum Gasteiger partial charge on any atom is -0.371 e. The summed E-state index contributed by atoms with van der Waals surface area (Å²) in [7, 11) is 0. The number of anilines is 1. The predicted octanol–water partition coefficient (Wildman–Crippen LogP) is 2.34. The lowest BCUT2D eigenvalue weighted by Gasteiger charge is -2.48. The van der Waals surface area contributed by atoms with Gasteiger partial charge >= 0.3 is 0 Å². The van der Waals surface area contributed by atoms with Crippen molar-refractivity contribution in [2.45, 2.75) is 39.2 Å². The van der Waals surface area contributed by atoms with E-state index in [2.05, 4.69) is 26.6 Å². The van der Waals surface area contributed by atoms with Gasteiger partial charge in [0.15, 0.2) is 0 Å². The van der Waals surface area contributed by atoms with Crippen LogP contribution in [0.25, 0.3) is 11.1 Å². The van der Waals surface area contributed by atoms with Crippen LogP contribution in [0.5, 0.6) is 0 Å². The number of carbonyl (C=O) groups excluding carboxylic acids is 1. The van der Waals surface area contributed by atoms with Gasteiger partial charge in [0.05, 0.1) is 23.3 Å². The summed E-state index contributed by atoms with van der Waals surface area (Å²) in [5.41, 5.74) is 0.457. The molecule has 4 rings (SSSR count). The van der Waals surface area contributed by atoms with Crippen molar-refractivity contribution < 1.29 is 14.1 Å². The van der Waals surface area contributed by atoms with Gasteiger partial charge in [-0.2, -0.15) is 4.98 Å². The Morgan fingerprint density at radius 3 is 2.75 bits per heavy atom. The number of aromatic nitrogens is 3. The van der Waals surface area contributed by atoms with Crippen molar-refractivity contribution in [1.82, 2.24) is 20.0 Å². The third-order valence-corrected chi connectivity index (χ3v) is 5.99. The van der Waals surface area contributed by atoms with Crippen molar-refractivity contribution >= 4 is 22.8 Å². The second-order valence-corrected chi connectivity index (χ2v) is 8.32. The number of rotatable bonds is 3. The van der Waals surface area contributed by atoms with Crippen LogP contribution < -0.4 is 4.90 Å². The van der Waals surface area contributed by atoms with Crippen LogP contribution in [0.2, 0.25) is 0 Å². The molecule has 1 amide bonds. The molecule has 0 bridgehead atoms. The number of amides is 1. The fraction of sp³-hybridized carbons (Fsp3) is 0.600. The molecule has 1 spiro atoms. The molecule has 0 radical (unpaired) electrons. The molecule has 0 N–H and O–H groups in total. The smallest absolute Gasteiger partial charge is 0.263 e. The highest BCUT2D eigenvalue weighted by atomic mass is 16.5. The Morgan fingerprint density at radius 2 is 2.04 bits per heavy atom. The summed E-state index contributed by atoms with van der Waals surface area (Å²) >= 11 is 0. The summed E-state index contributed by atoms with van der Waals surface area (Å²) in [5.74, 6) is 0.973. The number of piperidine rings is 1. The molecule has 2 aliphatic heterocycles. The fourth-order valence-electron chi connectivity index (χ4n) is 4.09. The average molecular weight is 385 g/mol. The van der Waals surface area contributed by atoms with Gasteiger partial charge < -0.3 is 19.1 Å². The maximum atomic E-state index is 12.9. The van der Waals surface area contributed by atoms with Gasteiger partial charge in [-0.3, -0.25) is 4.79 Å². The molecule has 2 fully saturated rings. The third kappa shape index (κ3) is 3.15. The standard InChI is InChI=1S/C20H27N5O3/c1-5-19(3,4)18(26)25-10-11-27-20(12-25)6-8-24(9-7-20)16-15-14(2)23-28-17(15)22-13-21-16/h5,13H,1,6-12H2,2-4H3. The second kappa shape index (κ2) is 6.84. The maximum Gasteiger partial charge on any atom is 0.263 e. The lowest BCUT2D eigenvalue weighted by atomic mass is 9.86. The minimum absolute atomic E-state index is 0.116. The molecule has 8 nitrogen and oxygen atoms in total. The largest absolute Gasteiger partial charge is 0.371 e. The van der Waals surface area contributed by atoms with Gasteiger partial charge in [0.1, 0.15) is 17.5 Å². The number of aryl methyl sites for hydroxylation is 1. The van der Waals surface area contributed by atoms with E-state index in [4.69, 9.17) is 9.26 Å². The maximum absolute atomic E-state index is 12.9. The number of hydrogen-bond acceptors (Lipinski definition) is 7. The number of ether oxygens (including phenoxy) is 1. The van der Waals surface area contributed by atoms with E-state index in [1.54, 1.807) is 6.08 Å². The van der Waals surface area contributed by atoms with Gasteiger partial charge in [0, 0.05) is 26.2 Å². The van der Waals surface area contributed by atoms with Gasteiger partial charge in [-0.25, -0.2) is 4.98 Å². The highest BCUT2D eigenvalue weighted by Crippen LogP contribution is 2.35. The SMILES string of the molecule is C=CC(C)(C)C(=O)N1CCOC2(CCN(c3ncnc4onc(C)c34)CC2)C1. The summed E-state index contributed by atoms with van der Waals surface area (Å²) in [4.78, 5) is 25.7. The number of nitrogens with zero attached hydrogens (tertiary/aromatic N) is 5. The van der Waals surface area contributed by atoms with Crippen molar-refractivity contribution in [1.29, 1.82) is 0 Å². The topological polar surface area (TPSA) is 84.6 Å². The zero-order valence-electron chi connectivity index (χ0n) is 16.8. The highest BCUT2D eigenvalue weighted by molar-refractivity contribution is 5.88. The quantitative estimate of drug-likeness (QED) is 0.750. The van der Waals surface area contributed by atoms with E-state index in [0.717, 1.165) is 42.8 Å². The summed E-state index contributed by atoms with van der Waals surface area (Å²) in [6.45, 7) is 13.0. The van der Waals surface area contributed by atoms with Crippen LogP contribution in [0.4, 0.5) is 5.82 Å². The molecule has 150 valence electrons. The van der Waals surface area contributed by atoms with Gasteiger partial charge in [-0.05, 0) is 33.6 Å². The number of fused-ring (bicyclic) bond motifs is 1. The molecule has 2 aromatic heterocycles. The molecule has 4 heterocycles. The van der Waals surface area contributed by atoms with Crippen LogP contribution in [0.1, 0.15) is 32.4 Å². The molecular formula is C20H27N5O3. The molecule has 2 saturated heterocycles. The Kier molecular flexibility index (Phi) is 4.61. The van der Waals surface area contributed by atoms with Crippen molar-refractivity contribution in [3.8, 4) is 0 Å². The zero-order chi connectivity index (χ0) is 19.9. The van der Waals surface area contributed by atoms with Crippen LogP contribution in [0.15, 0.2) is 23.5 Å². The first-order chi connectivity index (χ1) is 13.4. The van der Waals surface area contributed by atoms with Crippen LogP contribution >= 0.6 is 0 Å². The molecule has 0 unspecified atom stereocenters. The first kappa shape index (κ1) is 18.9. The van der Waals surface area contributed by atoms with Crippen LogP contribution in [-0.2, 0) is 9.53 Å². The van der Waals surface area contributed by atoms with Crippen molar-refractivity contribution in [3.63, 3.8) is 0 Å². The summed E-state index contributed by atoms with van der Waals surface area (Å²) in [6, 6.07) is 0. The molecule has 0 atom stereocenters. The number of morpholine rings is 1. The third-order valence-electron chi connectivity index (χ3n) is 5.99. The van der Waals surface area contributed by atoms with Crippen molar-refractivity contribution in [2.24, 2.45) is 5.41 Å². The molecule has 0 aliphatic carbocycles. The number of carbonyl (C=O) groups is 1. The Labute approximate surface area is 164 Å². The first-order valence-corrected chi connectivity index (χ1v) is 9.74. The molecule has 2 aromatic rings. The van der Waals surface area contributed by atoms with Crippen LogP contribution in [0, 0.1) is 12.3 Å². The summed E-state index contributed by atoms with van der Waals surface area (Å²) in [6.07, 6.45) is 4.91. The Hall–Kier alpha value is -2.48. The highest BCUT2D eigenvalue weighted by Gasteiger charge is 2.43. The fourth-order valence-corrected chi connectivity index (χ4v) is 4.09. The van der Waals surface area contributed by atoms with Crippen molar-refractivity contribution in [3.05, 3.63) is 24.7 Å². The van der Waals surface area contributed by atoms with E-state index >= 15 is 0 Å². The molecule has 8 heteroatoms. The van der Waals surface area contributed by atoms with Gasteiger partial charge in [0.25, 0.3) is 5.71 Å². The molecule has 28 heavy (non-hydrogen) atoms. The van der Waals surface area contributed by atoms with Crippen LogP contribution in [-0.4, -0.2) is 64.3 Å². The van der Waals surface area contributed by atoms with Gasteiger partial charge in [-0.1, -0.05) is 11.2 Å². The van der Waals surface area contributed by atoms with Gasteiger partial charge in [-0.15, -0.1) is 6.58 Å². The monoisotopic (exact) mass is 385 g/mol. The molecule has 0 saturated carbocycles. The lowest BCUT2D eigenvalue weighted by molar-refractivity contribution is -0.159. The summed E-state index contributed by atoms with van der Waals surface area (Å²) < 4.78 is 11.5. The summed E-state index contributed by atoms with van der Waals surface area (Å²) in [5, 5.41) is 4.88. The van der Waals surface area contributed by atoms with E-state index in [1.165, 1.54) is 6.33 Å². The molecule has 2 aliphatic rings. The molecular weight excluding hydrogens is 358 g/mol. The second-order valence-electron chi connectivity index (χ2n) is 8.32. The lowest BCUT2D eigenvalue weighted by Crippen LogP contribution is -2.59. The zero-order valence-corrected chi connectivity index (χ0v) is 16.8. The average Bonchev–Trinajstić information content (AvgIpc) is 3.09. The number of hydrogen-bond donors (Lipinski definition) is 0. The van der Waals surface area contributed by atoms with Gasteiger partial charge in [0.2, 0.25) is 5.91 Å². The predicted molar refractivity (Wildman–Crippen MR) is 105 cm³/mol. The van der Waals surface area contributed by atoms with Crippen molar-refractivity contribution in [2.75, 3.05) is 37.7 Å². The van der Waals surface area contributed by atoms with E-state index in [0.29, 0.717) is 25.4 Å². The first-order valence-electron chi connectivity index (χ1n) is 9.74.